The predicted molar refractivity (Wildman–Crippen MR) is 179 cm³/mol. The number of aliphatic hydroxyl groups excluding tert-OH is 2. The van der Waals surface area contributed by atoms with Gasteiger partial charge in [0.15, 0.2) is 11.9 Å². The Balaban J connectivity index is 1.39. The van der Waals surface area contributed by atoms with Gasteiger partial charge in [0.2, 0.25) is 11.8 Å². The number of halogens is 2. The molecule has 8 atom stereocenters. The van der Waals surface area contributed by atoms with Crippen LogP contribution in [0.15, 0.2) is 12.4 Å². The molecule has 2 unspecified atom stereocenters. The van der Waals surface area contributed by atoms with Crippen molar-refractivity contribution in [3.05, 3.63) is 18.2 Å². The minimum absolute atomic E-state index is 0.00205. The maximum atomic E-state index is 15.3. The molecule has 15 heteroatoms. The first-order valence-corrected chi connectivity index (χ1v) is 18.3. The van der Waals surface area contributed by atoms with Gasteiger partial charge in [-0.2, -0.15) is 0 Å². The van der Waals surface area contributed by atoms with Gasteiger partial charge >= 0.3 is 0 Å². The number of aromatic nitrogens is 2. The maximum absolute atomic E-state index is 15.3. The predicted octanol–water partition coefficient (Wildman–Crippen LogP) is 2.21. The van der Waals surface area contributed by atoms with Crippen molar-refractivity contribution in [1.29, 1.82) is 0 Å². The van der Waals surface area contributed by atoms with Gasteiger partial charge in [0.25, 0.3) is 17.7 Å². The van der Waals surface area contributed by atoms with E-state index in [9.17, 15) is 29.4 Å². The van der Waals surface area contributed by atoms with Crippen LogP contribution in [0, 0.1) is 23.2 Å². The van der Waals surface area contributed by atoms with E-state index in [0.29, 0.717) is 6.42 Å². The van der Waals surface area contributed by atoms with E-state index < -0.39 is 89.7 Å². The van der Waals surface area contributed by atoms with Crippen molar-refractivity contribution < 1.29 is 38.2 Å². The molecule has 3 saturated carbocycles. The fourth-order valence-corrected chi connectivity index (χ4v) is 8.13. The maximum Gasteiger partial charge on any atom is 0.287 e. The monoisotopic (exact) mass is 707 g/mol. The van der Waals surface area contributed by atoms with Crippen LogP contribution < -0.4 is 21.3 Å². The number of aliphatic hydroxyl groups is 2. The van der Waals surface area contributed by atoms with Crippen molar-refractivity contribution in [3.8, 4) is 0 Å². The Kier molecular flexibility index (Phi) is 11.9. The van der Waals surface area contributed by atoms with Crippen LogP contribution in [0.4, 0.5) is 8.78 Å². The molecule has 7 N–H and O–H groups in total. The number of carbonyl (C=O) groups is 4. The fourth-order valence-electron chi connectivity index (χ4n) is 8.13. The molecule has 4 amide bonds. The van der Waals surface area contributed by atoms with E-state index in [1.165, 1.54) is 17.3 Å². The second-order valence-corrected chi connectivity index (χ2v) is 15.9. The molecule has 0 aromatic carbocycles. The highest BCUT2D eigenvalue weighted by molar-refractivity contribution is 5.95. The third kappa shape index (κ3) is 8.64. The van der Waals surface area contributed by atoms with Crippen LogP contribution in [0.25, 0.3) is 0 Å². The minimum Gasteiger partial charge on any atom is -0.381 e. The lowest BCUT2D eigenvalue weighted by molar-refractivity contribution is -0.140. The second-order valence-electron chi connectivity index (χ2n) is 15.9. The lowest BCUT2D eigenvalue weighted by atomic mass is 9.81. The van der Waals surface area contributed by atoms with E-state index in [1.54, 1.807) is 20.8 Å². The number of rotatable bonds is 14. The highest BCUT2D eigenvalue weighted by atomic mass is 19.3. The van der Waals surface area contributed by atoms with Crippen molar-refractivity contribution in [2.75, 3.05) is 6.54 Å². The lowest BCUT2D eigenvalue weighted by Crippen LogP contribution is -2.64. The fraction of sp³-hybridized carbons (Fsp3) is 0.800. The van der Waals surface area contributed by atoms with E-state index in [4.69, 9.17) is 0 Å². The highest BCUT2D eigenvalue weighted by Crippen LogP contribution is 2.52. The number of likely N-dealkylation sites (tertiary alicyclic amines) is 1. The number of alkyl halides is 2. The van der Waals surface area contributed by atoms with E-state index in [-0.39, 0.29) is 37.2 Å². The topological polar surface area (TPSA) is 189 Å². The molecular weight excluding hydrogens is 652 g/mol. The zero-order chi connectivity index (χ0) is 36.4. The van der Waals surface area contributed by atoms with Crippen LogP contribution in [0.1, 0.15) is 109 Å². The van der Waals surface area contributed by atoms with Crippen LogP contribution in [0.5, 0.6) is 0 Å². The molecule has 3 aliphatic carbocycles. The summed E-state index contributed by atoms with van der Waals surface area (Å²) in [5.74, 6) is -7.49. The number of nitrogens with one attached hydrogen (secondary N) is 5. The van der Waals surface area contributed by atoms with E-state index in [1.807, 2.05) is 6.92 Å². The quantitative estimate of drug-likeness (QED) is 0.153. The first kappa shape index (κ1) is 38.1. The van der Waals surface area contributed by atoms with Crippen molar-refractivity contribution in [1.82, 2.24) is 36.1 Å². The molecule has 5 rings (SSSR count). The van der Waals surface area contributed by atoms with Gasteiger partial charge in [0.05, 0.1) is 18.1 Å². The van der Waals surface area contributed by atoms with Crippen LogP contribution in [-0.2, 0) is 14.4 Å². The molecule has 0 radical (unpaired) electrons. The van der Waals surface area contributed by atoms with Crippen molar-refractivity contribution in [3.63, 3.8) is 0 Å². The normalized spacial score (nSPS) is 27.0. The largest absolute Gasteiger partial charge is 0.381 e. The molecule has 0 bridgehead atoms. The Morgan fingerprint density at radius 3 is 2.32 bits per heavy atom. The van der Waals surface area contributed by atoms with Gasteiger partial charge in [-0.1, -0.05) is 53.4 Å². The van der Waals surface area contributed by atoms with Gasteiger partial charge < -0.3 is 36.5 Å². The summed E-state index contributed by atoms with van der Waals surface area (Å²) < 4.78 is 30.5. The van der Waals surface area contributed by atoms with Crippen LogP contribution in [0.3, 0.4) is 0 Å². The summed E-state index contributed by atoms with van der Waals surface area (Å²) >= 11 is 0. The second kappa shape index (κ2) is 15.6. The third-order valence-electron chi connectivity index (χ3n) is 11.1. The molecular formula is C35H55F2N7O6. The van der Waals surface area contributed by atoms with Gasteiger partial charge in [-0.15, -0.1) is 0 Å². The number of carbonyl (C=O) groups excluding carboxylic acids is 4. The molecule has 4 aliphatic rings. The van der Waals surface area contributed by atoms with Crippen LogP contribution >= 0.6 is 0 Å². The first-order valence-electron chi connectivity index (χ1n) is 18.3. The van der Waals surface area contributed by atoms with Gasteiger partial charge in [-0.25, -0.2) is 13.8 Å². The van der Waals surface area contributed by atoms with Crippen molar-refractivity contribution in [2.24, 2.45) is 23.2 Å². The molecule has 0 spiro atoms. The zero-order valence-corrected chi connectivity index (χ0v) is 29.6. The summed E-state index contributed by atoms with van der Waals surface area (Å²) in [6.07, 6.45) is 6.21. The Labute approximate surface area is 292 Å². The summed E-state index contributed by atoms with van der Waals surface area (Å²) in [5, 5.41) is 34.3. The molecule has 1 aromatic rings. The number of amides is 4. The van der Waals surface area contributed by atoms with Crippen molar-refractivity contribution >= 4 is 23.6 Å². The zero-order valence-electron chi connectivity index (χ0n) is 29.6. The summed E-state index contributed by atoms with van der Waals surface area (Å²) in [4.78, 5) is 62.1. The summed E-state index contributed by atoms with van der Waals surface area (Å²) in [6, 6.07) is -4.14. The molecule has 1 aliphatic heterocycles. The summed E-state index contributed by atoms with van der Waals surface area (Å²) in [5.41, 5.74) is -0.819. The average Bonchev–Trinajstić information content (AvgIpc) is 3.43. The van der Waals surface area contributed by atoms with Crippen molar-refractivity contribution in [2.45, 2.75) is 147 Å². The first-order chi connectivity index (χ1) is 23.6. The number of hydrogen-bond donors (Lipinski definition) is 7. The van der Waals surface area contributed by atoms with E-state index in [2.05, 4.69) is 31.2 Å². The molecule has 50 heavy (non-hydrogen) atoms. The summed E-state index contributed by atoms with van der Waals surface area (Å²) in [6.45, 7) is 6.95. The smallest absolute Gasteiger partial charge is 0.287 e. The number of hydrogen-bond acceptors (Lipinski definition) is 8. The highest BCUT2D eigenvalue weighted by Gasteiger charge is 2.61. The average molecular weight is 708 g/mol. The number of fused-ring (bicyclic) bond motifs is 1. The Morgan fingerprint density at radius 1 is 1.02 bits per heavy atom. The number of H-pyrrole nitrogens is 1. The molecule has 280 valence electrons. The summed E-state index contributed by atoms with van der Waals surface area (Å²) in [7, 11) is 0. The number of aromatic amines is 1. The minimum atomic E-state index is -3.06. The van der Waals surface area contributed by atoms with Gasteiger partial charge in [0.1, 0.15) is 12.3 Å². The standard InChI is InChI=1S/C35H55F2N7O6/c1-5-9-23(26(45)31(48)40-20-12-13-20)41-30(47)25-21-14-15-35(36,37)22(21)18-44(25)33(50)27(34(2,3)4)43-29(46)24(19-10-7-6-8-11-19)42-32(49)28-38-16-17-39-28/h16-17,19-27,33,45,50H,5-15,18H2,1-4H3,(H,38,39)(H,40,48)(H,41,47)(H,42,49)(H,43,46)/t21-,22-,23-,24-,25-,26?,27+,33?/m0/s1. The lowest BCUT2D eigenvalue weighted by Gasteiger charge is -2.42. The van der Waals surface area contributed by atoms with Gasteiger partial charge in [-0.05, 0) is 55.8 Å². The van der Waals surface area contributed by atoms with Gasteiger partial charge in [-0.3, -0.25) is 24.1 Å². The van der Waals surface area contributed by atoms with Crippen LogP contribution in [-0.4, -0.2) is 104 Å². The molecule has 1 aromatic heterocycles. The Morgan fingerprint density at radius 2 is 1.72 bits per heavy atom. The molecule has 2 heterocycles. The molecule has 13 nitrogen and oxygen atoms in total. The Bertz CT molecular complexity index is 1350. The van der Waals surface area contributed by atoms with E-state index in [0.717, 1.165) is 44.9 Å². The Hall–Kier alpha value is -3.17. The number of imidazole rings is 1. The van der Waals surface area contributed by atoms with E-state index >= 15 is 8.78 Å². The van der Waals surface area contributed by atoms with Crippen LogP contribution in [0.2, 0.25) is 0 Å². The SMILES string of the molecule is CCC[C@H](NC(=O)[C@@H]1[C@H]2CCC(F)(F)[C@H]2CN1C(O)[C@@H](NC(=O)[C@@H](NC(=O)c1ncc[nH]1)C1CCCCC1)C(C)(C)C)C(O)C(=O)NC1CC1. The third-order valence-corrected chi connectivity index (χ3v) is 11.1. The molecule has 4 fully saturated rings. The number of nitrogens with zero attached hydrogens (tertiary/aromatic N) is 2. The molecule has 1 saturated heterocycles. The van der Waals surface area contributed by atoms with Gasteiger partial charge in [0, 0.05) is 37.3 Å².